The van der Waals surface area contributed by atoms with Crippen LogP contribution in [0.1, 0.15) is 39.0 Å². The van der Waals surface area contributed by atoms with Crippen molar-refractivity contribution in [1.29, 1.82) is 0 Å². The first-order valence-corrected chi connectivity index (χ1v) is 5.13. The number of aliphatic carboxylic acids is 1. The first kappa shape index (κ1) is 13.7. The van der Waals surface area contributed by atoms with Crippen LogP contribution < -0.4 is 5.73 Å². The minimum Gasteiger partial charge on any atom is -0.481 e. The lowest BCUT2D eigenvalue weighted by Crippen LogP contribution is -2.16. The first-order chi connectivity index (χ1) is 6.95. The fraction of sp³-hybridized carbons (Fsp3) is 0.636. The predicted molar refractivity (Wildman–Crippen MR) is 58.2 cm³/mol. The molecule has 1 fully saturated rings. The number of carbonyl (C=O) groups excluding carboxylic acids is 1. The molecule has 86 valence electrons. The lowest BCUT2D eigenvalue weighted by Gasteiger charge is -2.16. The zero-order chi connectivity index (χ0) is 11.8. The standard InChI is InChI=1S/C7H12O2.C4H7NO/c8-7(9)6-4-2-1-3-5-6;1-3(2)4(5)6/h6H,1-5H2,(H,8,9);1H2,2H3,(H2,5,6). The summed E-state index contributed by atoms with van der Waals surface area (Å²) in [5, 5.41) is 8.54. The van der Waals surface area contributed by atoms with Crippen LogP contribution >= 0.6 is 0 Å². The van der Waals surface area contributed by atoms with Crippen LogP contribution in [0.4, 0.5) is 0 Å². The zero-order valence-electron chi connectivity index (χ0n) is 9.16. The van der Waals surface area contributed by atoms with Crippen LogP contribution in [-0.4, -0.2) is 17.0 Å². The molecule has 0 aliphatic heterocycles. The molecule has 0 aromatic heterocycles. The topological polar surface area (TPSA) is 80.4 Å². The molecule has 0 atom stereocenters. The minimum absolute atomic E-state index is 0.0289. The Kier molecular flexibility index (Phi) is 6.42. The highest BCUT2D eigenvalue weighted by molar-refractivity contribution is 5.90. The van der Waals surface area contributed by atoms with Crippen molar-refractivity contribution in [2.75, 3.05) is 0 Å². The van der Waals surface area contributed by atoms with Crippen molar-refractivity contribution in [2.24, 2.45) is 11.7 Å². The third kappa shape index (κ3) is 6.71. The molecule has 4 heteroatoms. The molecule has 1 aliphatic carbocycles. The second-order valence-electron chi connectivity index (χ2n) is 3.82. The fourth-order valence-electron chi connectivity index (χ4n) is 1.35. The van der Waals surface area contributed by atoms with E-state index in [2.05, 4.69) is 6.58 Å². The molecule has 0 saturated heterocycles. The third-order valence-electron chi connectivity index (χ3n) is 2.38. The van der Waals surface area contributed by atoms with Gasteiger partial charge in [0.05, 0.1) is 5.92 Å². The van der Waals surface area contributed by atoms with Crippen LogP contribution in [0.3, 0.4) is 0 Å². The molecule has 1 saturated carbocycles. The van der Waals surface area contributed by atoms with E-state index in [1.165, 1.54) is 6.42 Å². The quantitative estimate of drug-likeness (QED) is 0.685. The van der Waals surface area contributed by atoms with Gasteiger partial charge in [-0.15, -0.1) is 0 Å². The Balaban J connectivity index is 0.000000288. The van der Waals surface area contributed by atoms with E-state index in [4.69, 9.17) is 10.8 Å². The first-order valence-electron chi connectivity index (χ1n) is 5.13. The molecule has 15 heavy (non-hydrogen) atoms. The number of primary amides is 1. The predicted octanol–water partition coefficient (Wildman–Crippen LogP) is 1.70. The van der Waals surface area contributed by atoms with Crippen LogP contribution in [0, 0.1) is 5.92 Å². The summed E-state index contributed by atoms with van der Waals surface area (Å²) in [7, 11) is 0. The number of hydrogen-bond acceptors (Lipinski definition) is 2. The van der Waals surface area contributed by atoms with E-state index in [0.717, 1.165) is 25.7 Å². The van der Waals surface area contributed by atoms with E-state index in [9.17, 15) is 9.59 Å². The molecular weight excluding hydrogens is 194 g/mol. The number of carboxylic acids is 1. The number of nitrogens with two attached hydrogens (primary N) is 1. The Hall–Kier alpha value is -1.32. The Bertz CT molecular complexity index is 230. The van der Waals surface area contributed by atoms with Gasteiger partial charge in [-0.25, -0.2) is 0 Å². The molecule has 0 bridgehead atoms. The van der Waals surface area contributed by atoms with Crippen molar-refractivity contribution in [2.45, 2.75) is 39.0 Å². The lowest BCUT2D eigenvalue weighted by atomic mass is 9.90. The molecular formula is C11H19NO3. The van der Waals surface area contributed by atoms with Gasteiger partial charge in [-0.3, -0.25) is 9.59 Å². The SMILES string of the molecule is C=C(C)C(N)=O.O=C(O)C1CCCCC1. The van der Waals surface area contributed by atoms with Crippen molar-refractivity contribution < 1.29 is 14.7 Å². The molecule has 0 aromatic rings. The summed E-state index contributed by atoms with van der Waals surface area (Å²) in [5.74, 6) is -1.07. The average Bonchev–Trinajstić information content (AvgIpc) is 2.20. The summed E-state index contributed by atoms with van der Waals surface area (Å²) < 4.78 is 0. The smallest absolute Gasteiger partial charge is 0.306 e. The Morgan fingerprint density at radius 2 is 1.67 bits per heavy atom. The van der Waals surface area contributed by atoms with Gasteiger partial charge in [0.15, 0.2) is 0 Å². The van der Waals surface area contributed by atoms with Crippen molar-refractivity contribution in [3.05, 3.63) is 12.2 Å². The number of carboxylic acid groups (broad SMARTS) is 1. The van der Waals surface area contributed by atoms with Gasteiger partial charge in [-0.2, -0.15) is 0 Å². The molecule has 0 radical (unpaired) electrons. The zero-order valence-corrected chi connectivity index (χ0v) is 9.16. The molecule has 0 spiro atoms. The van der Waals surface area contributed by atoms with Crippen molar-refractivity contribution in [3.8, 4) is 0 Å². The van der Waals surface area contributed by atoms with Crippen LogP contribution in [0.15, 0.2) is 12.2 Å². The van der Waals surface area contributed by atoms with Crippen LogP contribution in [0.25, 0.3) is 0 Å². The maximum atomic E-state index is 10.4. The van der Waals surface area contributed by atoms with Gasteiger partial charge < -0.3 is 10.8 Å². The van der Waals surface area contributed by atoms with Gasteiger partial charge in [-0.05, 0) is 19.8 Å². The summed E-state index contributed by atoms with van der Waals surface area (Å²) in [5.41, 5.74) is 5.09. The van der Waals surface area contributed by atoms with Crippen molar-refractivity contribution in [3.63, 3.8) is 0 Å². The monoisotopic (exact) mass is 213 g/mol. The van der Waals surface area contributed by atoms with Gasteiger partial charge >= 0.3 is 5.97 Å². The van der Waals surface area contributed by atoms with Crippen LogP contribution in [0.5, 0.6) is 0 Å². The highest BCUT2D eigenvalue weighted by atomic mass is 16.4. The van der Waals surface area contributed by atoms with Gasteiger partial charge in [0, 0.05) is 5.57 Å². The minimum atomic E-state index is -0.602. The molecule has 3 N–H and O–H groups in total. The van der Waals surface area contributed by atoms with E-state index in [0.29, 0.717) is 5.57 Å². The van der Waals surface area contributed by atoms with Gasteiger partial charge in [0.1, 0.15) is 0 Å². The van der Waals surface area contributed by atoms with Crippen molar-refractivity contribution in [1.82, 2.24) is 0 Å². The Labute approximate surface area is 90.2 Å². The maximum Gasteiger partial charge on any atom is 0.306 e. The Morgan fingerprint density at radius 1 is 1.27 bits per heavy atom. The second-order valence-corrected chi connectivity index (χ2v) is 3.82. The molecule has 1 aliphatic rings. The van der Waals surface area contributed by atoms with E-state index < -0.39 is 11.9 Å². The van der Waals surface area contributed by atoms with E-state index >= 15 is 0 Å². The van der Waals surface area contributed by atoms with Crippen LogP contribution in [0.2, 0.25) is 0 Å². The number of rotatable bonds is 2. The summed E-state index contributed by atoms with van der Waals surface area (Å²) in [4.78, 5) is 20.2. The highest BCUT2D eigenvalue weighted by Gasteiger charge is 2.19. The fourth-order valence-corrected chi connectivity index (χ4v) is 1.35. The van der Waals surface area contributed by atoms with E-state index in [1.54, 1.807) is 6.92 Å². The molecule has 0 unspecified atom stereocenters. The molecule has 1 rings (SSSR count). The highest BCUT2D eigenvalue weighted by Crippen LogP contribution is 2.23. The summed E-state index contributed by atoms with van der Waals surface area (Å²) in [6, 6.07) is 0. The molecule has 4 nitrogen and oxygen atoms in total. The molecule has 0 aromatic carbocycles. The molecule has 1 amide bonds. The summed E-state index contributed by atoms with van der Waals surface area (Å²) in [6.07, 6.45) is 5.24. The van der Waals surface area contributed by atoms with E-state index in [1.807, 2.05) is 0 Å². The number of carbonyl (C=O) groups is 2. The normalized spacial score (nSPS) is 16.1. The van der Waals surface area contributed by atoms with Crippen LogP contribution in [-0.2, 0) is 9.59 Å². The van der Waals surface area contributed by atoms with Gasteiger partial charge in [0.2, 0.25) is 5.91 Å². The Morgan fingerprint density at radius 3 is 1.87 bits per heavy atom. The van der Waals surface area contributed by atoms with Gasteiger partial charge in [-0.1, -0.05) is 25.8 Å². The number of hydrogen-bond donors (Lipinski definition) is 2. The third-order valence-corrected chi connectivity index (χ3v) is 2.38. The largest absolute Gasteiger partial charge is 0.481 e. The second kappa shape index (κ2) is 7.04. The van der Waals surface area contributed by atoms with Crippen molar-refractivity contribution >= 4 is 11.9 Å². The molecule has 0 heterocycles. The summed E-state index contributed by atoms with van der Waals surface area (Å²) in [6.45, 7) is 4.85. The van der Waals surface area contributed by atoms with E-state index in [-0.39, 0.29) is 5.92 Å². The maximum absolute atomic E-state index is 10.4. The number of amides is 1. The van der Waals surface area contributed by atoms with Gasteiger partial charge in [0.25, 0.3) is 0 Å². The average molecular weight is 213 g/mol. The lowest BCUT2D eigenvalue weighted by molar-refractivity contribution is -0.142. The summed E-state index contributed by atoms with van der Waals surface area (Å²) >= 11 is 0.